The van der Waals surface area contributed by atoms with Crippen molar-refractivity contribution in [3.8, 4) is 0 Å². The van der Waals surface area contributed by atoms with Crippen LogP contribution in [0, 0.1) is 5.92 Å². The number of piperidine rings is 1. The van der Waals surface area contributed by atoms with Crippen LogP contribution in [0.15, 0.2) is 36.5 Å². The van der Waals surface area contributed by atoms with Gasteiger partial charge in [0, 0.05) is 50.4 Å². The number of para-hydroxylation sites is 1. The summed E-state index contributed by atoms with van der Waals surface area (Å²) in [6.07, 6.45) is 5.09. The number of hydrogen-bond donors (Lipinski definition) is 1. The van der Waals surface area contributed by atoms with Crippen molar-refractivity contribution in [2.24, 2.45) is 5.92 Å². The third kappa shape index (κ3) is 4.49. The van der Waals surface area contributed by atoms with Crippen LogP contribution in [0.3, 0.4) is 0 Å². The Morgan fingerprint density at radius 1 is 1.11 bits per heavy atom. The summed E-state index contributed by atoms with van der Waals surface area (Å²) in [6, 6.07) is 11.3. The topological polar surface area (TPSA) is 48.8 Å². The smallest absolute Gasteiger partial charge is 0.0746 e. The zero-order valence-electron chi connectivity index (χ0n) is 16.1. The number of likely N-dealkylation sites (tertiary alicyclic amines) is 1. The number of aromatic nitrogens is 1. The van der Waals surface area contributed by atoms with E-state index in [-0.39, 0.29) is 0 Å². The van der Waals surface area contributed by atoms with E-state index in [1.54, 1.807) is 0 Å². The summed E-state index contributed by atoms with van der Waals surface area (Å²) in [5, 5.41) is 10.6. The van der Waals surface area contributed by atoms with Crippen LogP contribution < -0.4 is 0 Å². The van der Waals surface area contributed by atoms with Crippen LogP contribution in [0.4, 0.5) is 0 Å². The number of fused-ring (bicyclic) bond motifs is 1. The molecule has 0 amide bonds. The summed E-state index contributed by atoms with van der Waals surface area (Å²) < 4.78 is 5.55. The van der Waals surface area contributed by atoms with Crippen molar-refractivity contribution in [1.29, 1.82) is 0 Å². The van der Waals surface area contributed by atoms with Crippen molar-refractivity contribution >= 4 is 10.9 Å². The van der Waals surface area contributed by atoms with Gasteiger partial charge in [-0.3, -0.25) is 14.8 Å². The number of ether oxygens (including phenoxy) is 1. The zero-order valence-corrected chi connectivity index (χ0v) is 16.1. The first-order valence-electron chi connectivity index (χ1n) is 10.3. The van der Waals surface area contributed by atoms with Crippen molar-refractivity contribution in [3.63, 3.8) is 0 Å². The molecule has 5 nitrogen and oxygen atoms in total. The van der Waals surface area contributed by atoms with E-state index in [0.717, 1.165) is 64.3 Å². The molecule has 5 heteroatoms. The van der Waals surface area contributed by atoms with Crippen molar-refractivity contribution in [3.05, 3.63) is 42.1 Å². The molecule has 146 valence electrons. The lowest BCUT2D eigenvalue weighted by Gasteiger charge is -2.45. The van der Waals surface area contributed by atoms with Gasteiger partial charge in [0.05, 0.1) is 18.7 Å². The number of nitrogens with zero attached hydrogens (tertiary/aromatic N) is 3. The second kappa shape index (κ2) is 9.11. The first-order valence-corrected chi connectivity index (χ1v) is 10.3. The number of hydrogen-bond acceptors (Lipinski definition) is 5. The Kier molecular flexibility index (Phi) is 6.35. The number of morpholine rings is 1. The van der Waals surface area contributed by atoms with Gasteiger partial charge in [-0.25, -0.2) is 0 Å². The van der Waals surface area contributed by atoms with Crippen molar-refractivity contribution < 1.29 is 9.84 Å². The van der Waals surface area contributed by atoms with Gasteiger partial charge >= 0.3 is 0 Å². The molecule has 0 aliphatic carbocycles. The van der Waals surface area contributed by atoms with E-state index < -0.39 is 0 Å². The highest BCUT2D eigenvalue weighted by atomic mass is 16.5. The van der Waals surface area contributed by atoms with Crippen LogP contribution in [-0.2, 0) is 11.3 Å². The molecule has 2 atom stereocenters. The quantitative estimate of drug-likeness (QED) is 0.848. The number of benzene rings is 1. The molecular weight excluding hydrogens is 338 g/mol. The van der Waals surface area contributed by atoms with Crippen LogP contribution in [-0.4, -0.2) is 71.9 Å². The molecule has 0 spiro atoms. The minimum atomic E-state index is 0.291. The zero-order chi connectivity index (χ0) is 18.5. The fourth-order valence-electron chi connectivity index (χ4n) is 4.80. The van der Waals surface area contributed by atoms with Gasteiger partial charge in [0.15, 0.2) is 0 Å². The molecule has 2 aliphatic heterocycles. The molecule has 2 aliphatic rings. The normalized spacial score (nSPS) is 25.1. The van der Waals surface area contributed by atoms with Gasteiger partial charge in [-0.05, 0) is 43.4 Å². The van der Waals surface area contributed by atoms with Gasteiger partial charge in [-0.2, -0.15) is 0 Å². The number of rotatable bonds is 6. The van der Waals surface area contributed by atoms with Gasteiger partial charge in [0.25, 0.3) is 0 Å². The highest BCUT2D eigenvalue weighted by Gasteiger charge is 2.33. The van der Waals surface area contributed by atoms with Crippen LogP contribution in [0.2, 0.25) is 0 Å². The Hall–Kier alpha value is -1.53. The van der Waals surface area contributed by atoms with Crippen LogP contribution in [0.25, 0.3) is 10.9 Å². The Bertz CT molecular complexity index is 727. The monoisotopic (exact) mass is 369 g/mol. The maximum absolute atomic E-state index is 9.36. The van der Waals surface area contributed by atoms with E-state index in [0.29, 0.717) is 18.6 Å². The molecule has 2 aromatic rings. The largest absolute Gasteiger partial charge is 0.396 e. The van der Waals surface area contributed by atoms with Crippen molar-refractivity contribution in [2.45, 2.75) is 31.8 Å². The van der Waals surface area contributed by atoms with Gasteiger partial charge in [-0.15, -0.1) is 0 Å². The minimum absolute atomic E-state index is 0.291. The molecule has 0 unspecified atom stereocenters. The number of pyridine rings is 1. The second-order valence-electron chi connectivity index (χ2n) is 7.86. The van der Waals surface area contributed by atoms with Crippen LogP contribution >= 0.6 is 0 Å². The average molecular weight is 370 g/mol. The summed E-state index contributed by atoms with van der Waals surface area (Å²) >= 11 is 0. The van der Waals surface area contributed by atoms with E-state index in [1.165, 1.54) is 17.4 Å². The van der Waals surface area contributed by atoms with Crippen molar-refractivity contribution in [2.75, 3.05) is 46.0 Å². The summed E-state index contributed by atoms with van der Waals surface area (Å²) in [5.41, 5.74) is 2.45. The Labute approximate surface area is 161 Å². The molecule has 1 N–H and O–H groups in total. The lowest BCUT2D eigenvalue weighted by molar-refractivity contribution is -0.0231. The molecule has 0 saturated carbocycles. The maximum atomic E-state index is 9.36. The Morgan fingerprint density at radius 3 is 2.81 bits per heavy atom. The highest BCUT2D eigenvalue weighted by Crippen LogP contribution is 2.28. The van der Waals surface area contributed by atoms with E-state index in [9.17, 15) is 5.11 Å². The van der Waals surface area contributed by atoms with E-state index in [4.69, 9.17) is 4.74 Å². The fraction of sp³-hybridized carbons (Fsp3) is 0.591. The average Bonchev–Trinajstić information content (AvgIpc) is 2.73. The summed E-state index contributed by atoms with van der Waals surface area (Å²) in [5.74, 6) is 0.618. The first kappa shape index (κ1) is 18.8. The molecule has 4 rings (SSSR count). The van der Waals surface area contributed by atoms with E-state index >= 15 is 0 Å². The van der Waals surface area contributed by atoms with E-state index in [1.807, 2.05) is 12.3 Å². The molecule has 2 saturated heterocycles. The van der Waals surface area contributed by atoms with Crippen molar-refractivity contribution in [1.82, 2.24) is 14.8 Å². The summed E-state index contributed by atoms with van der Waals surface area (Å²) in [7, 11) is 0. The SMILES string of the molecule is OCCC[C@@H]1CN(Cc2cccc3cccnc23)CC[C@@H]1N1CCOCC1. The second-order valence-corrected chi connectivity index (χ2v) is 7.86. The molecule has 1 aromatic carbocycles. The number of aliphatic hydroxyl groups excluding tert-OH is 1. The molecule has 1 aromatic heterocycles. The predicted molar refractivity (Wildman–Crippen MR) is 108 cm³/mol. The maximum Gasteiger partial charge on any atom is 0.0746 e. The Balaban J connectivity index is 1.46. The van der Waals surface area contributed by atoms with Gasteiger partial charge in [0.2, 0.25) is 0 Å². The van der Waals surface area contributed by atoms with Crippen LogP contribution in [0.5, 0.6) is 0 Å². The third-order valence-electron chi connectivity index (χ3n) is 6.14. The van der Waals surface area contributed by atoms with Gasteiger partial charge < -0.3 is 9.84 Å². The molecule has 3 heterocycles. The highest BCUT2D eigenvalue weighted by molar-refractivity contribution is 5.81. The first-order chi connectivity index (χ1) is 13.3. The minimum Gasteiger partial charge on any atom is -0.396 e. The summed E-state index contributed by atoms with van der Waals surface area (Å²) in [6.45, 7) is 7.29. The van der Waals surface area contributed by atoms with Gasteiger partial charge in [-0.1, -0.05) is 24.3 Å². The lowest BCUT2D eigenvalue weighted by Crippen LogP contribution is -2.53. The molecule has 27 heavy (non-hydrogen) atoms. The number of aliphatic hydroxyl groups is 1. The third-order valence-corrected chi connectivity index (χ3v) is 6.14. The van der Waals surface area contributed by atoms with E-state index in [2.05, 4.69) is 39.0 Å². The summed E-state index contributed by atoms with van der Waals surface area (Å²) in [4.78, 5) is 9.83. The standard InChI is InChI=1S/C22H31N3O2/c26-13-3-7-19-16-24(10-8-21(19)25-11-14-27-15-12-25)17-20-5-1-4-18-6-2-9-23-22(18)20/h1-2,4-6,9,19,21,26H,3,7-8,10-17H2/t19-,21+/m1/s1. The molecule has 2 fully saturated rings. The Morgan fingerprint density at radius 2 is 1.96 bits per heavy atom. The molecule has 0 bridgehead atoms. The molecular formula is C22H31N3O2. The predicted octanol–water partition coefficient (Wildman–Crippen LogP) is 2.53. The molecule has 0 radical (unpaired) electrons. The fourth-order valence-corrected chi connectivity index (χ4v) is 4.80. The van der Waals surface area contributed by atoms with Crippen LogP contribution in [0.1, 0.15) is 24.8 Å². The van der Waals surface area contributed by atoms with Gasteiger partial charge in [0.1, 0.15) is 0 Å². The lowest BCUT2D eigenvalue weighted by atomic mass is 9.86.